The lowest BCUT2D eigenvalue weighted by atomic mass is 10.4. The molecule has 1 N–H and O–H groups in total. The summed E-state index contributed by atoms with van der Waals surface area (Å²) in [6.07, 6.45) is 5.37. The zero-order valence-corrected chi connectivity index (χ0v) is 7.95. The maximum Gasteiger partial charge on any atom is 0.243 e. The smallest absolute Gasteiger partial charge is 0.243 e. The lowest BCUT2D eigenvalue weighted by Gasteiger charge is -2.00. The number of nitrogens with zero attached hydrogens (tertiary/aromatic N) is 1. The van der Waals surface area contributed by atoms with Gasteiger partial charge in [-0.2, -0.15) is 0 Å². The van der Waals surface area contributed by atoms with Crippen LogP contribution in [-0.4, -0.2) is 17.5 Å². The molecule has 1 amide bonds. The van der Waals surface area contributed by atoms with Gasteiger partial charge >= 0.3 is 0 Å². The molecule has 0 aromatic carbocycles. The van der Waals surface area contributed by atoms with Gasteiger partial charge in [0, 0.05) is 31.6 Å². The normalized spacial score (nSPS) is 10.6. The van der Waals surface area contributed by atoms with Gasteiger partial charge in [-0.25, -0.2) is 0 Å². The molecular weight excluding hydrogens is 164 g/mol. The summed E-state index contributed by atoms with van der Waals surface area (Å²) < 4.78 is 2.07. The summed E-state index contributed by atoms with van der Waals surface area (Å²) in [6.45, 7) is 2.78. The van der Waals surface area contributed by atoms with Crippen LogP contribution in [0.3, 0.4) is 0 Å². The minimum absolute atomic E-state index is 0.0650. The Labute approximate surface area is 78.1 Å². The summed E-state index contributed by atoms with van der Waals surface area (Å²) in [5.41, 5.74) is 1.20. The van der Waals surface area contributed by atoms with Crippen molar-refractivity contribution in [2.45, 2.75) is 13.5 Å². The van der Waals surface area contributed by atoms with E-state index in [0.29, 0.717) is 0 Å². The molecule has 3 nitrogen and oxygen atoms in total. The molecule has 1 aromatic rings. The highest BCUT2D eigenvalue weighted by molar-refractivity contribution is 5.87. The van der Waals surface area contributed by atoms with Gasteiger partial charge in [0.1, 0.15) is 0 Å². The molecule has 70 valence electrons. The van der Waals surface area contributed by atoms with Crippen molar-refractivity contribution >= 4 is 5.91 Å². The number of allylic oxidation sites excluding steroid dienone is 1. The molecule has 0 unspecified atom stereocenters. The summed E-state index contributed by atoms with van der Waals surface area (Å²) in [5.74, 6) is -0.0650. The fraction of sp³-hybridized carbons (Fsp3) is 0.300. The number of likely N-dealkylation sites (N-methyl/N-ethyl adjacent to an activating group) is 1. The molecule has 1 aromatic heterocycles. The molecule has 0 radical (unpaired) electrons. The fourth-order valence-corrected chi connectivity index (χ4v) is 1.06. The highest BCUT2D eigenvalue weighted by Gasteiger charge is 1.91. The Morgan fingerprint density at radius 3 is 3.00 bits per heavy atom. The van der Waals surface area contributed by atoms with Gasteiger partial charge in [0.15, 0.2) is 0 Å². The number of amides is 1. The highest BCUT2D eigenvalue weighted by Crippen LogP contribution is 1.99. The molecule has 0 atom stereocenters. The van der Waals surface area contributed by atoms with Gasteiger partial charge < -0.3 is 9.88 Å². The molecule has 0 aliphatic carbocycles. The highest BCUT2D eigenvalue weighted by atomic mass is 16.1. The van der Waals surface area contributed by atoms with Gasteiger partial charge in [-0.1, -0.05) is 6.08 Å². The Kier molecular flexibility index (Phi) is 3.31. The Morgan fingerprint density at radius 2 is 2.46 bits per heavy atom. The van der Waals surface area contributed by atoms with Gasteiger partial charge in [0.05, 0.1) is 0 Å². The molecular formula is C10H14N2O. The van der Waals surface area contributed by atoms with Crippen molar-refractivity contribution in [2.24, 2.45) is 0 Å². The third-order valence-electron chi connectivity index (χ3n) is 1.87. The number of hydrogen-bond acceptors (Lipinski definition) is 1. The topological polar surface area (TPSA) is 34.0 Å². The molecule has 0 aliphatic rings. The number of aromatic nitrogens is 1. The van der Waals surface area contributed by atoms with Crippen LogP contribution in [0.1, 0.15) is 5.69 Å². The Hall–Kier alpha value is -1.51. The van der Waals surface area contributed by atoms with Crippen LogP contribution in [0.2, 0.25) is 0 Å². The van der Waals surface area contributed by atoms with Crippen LogP contribution in [-0.2, 0) is 11.3 Å². The average Bonchev–Trinajstić information content (AvgIpc) is 2.52. The molecule has 0 bridgehead atoms. The van der Waals surface area contributed by atoms with E-state index in [1.54, 1.807) is 13.1 Å². The standard InChI is InChI=1S/C10H14N2O/c1-9-5-3-7-12(9)8-4-6-10(13)11-2/h3-7H,8H2,1-2H3,(H,11,13)/b6-4+. The minimum Gasteiger partial charge on any atom is -0.356 e. The molecule has 0 saturated heterocycles. The molecule has 13 heavy (non-hydrogen) atoms. The Balaban J connectivity index is 2.48. The van der Waals surface area contributed by atoms with Crippen molar-refractivity contribution in [3.05, 3.63) is 36.2 Å². The molecule has 0 saturated carbocycles. The quantitative estimate of drug-likeness (QED) is 0.691. The molecule has 1 heterocycles. The summed E-state index contributed by atoms with van der Waals surface area (Å²) in [5, 5.41) is 2.52. The van der Waals surface area contributed by atoms with Crippen LogP contribution in [0.4, 0.5) is 0 Å². The summed E-state index contributed by atoms with van der Waals surface area (Å²) in [4.78, 5) is 10.8. The van der Waals surface area contributed by atoms with Crippen molar-refractivity contribution in [1.82, 2.24) is 9.88 Å². The zero-order valence-electron chi connectivity index (χ0n) is 7.95. The van der Waals surface area contributed by atoms with Gasteiger partial charge in [0.25, 0.3) is 0 Å². The fourth-order valence-electron chi connectivity index (χ4n) is 1.06. The van der Waals surface area contributed by atoms with E-state index >= 15 is 0 Å². The van der Waals surface area contributed by atoms with E-state index < -0.39 is 0 Å². The number of rotatable bonds is 3. The first-order valence-electron chi connectivity index (χ1n) is 4.24. The van der Waals surface area contributed by atoms with Crippen LogP contribution in [0, 0.1) is 6.92 Å². The lowest BCUT2D eigenvalue weighted by Crippen LogP contribution is -2.14. The Morgan fingerprint density at radius 1 is 1.69 bits per heavy atom. The molecule has 0 fully saturated rings. The number of hydrogen-bond donors (Lipinski definition) is 1. The van der Waals surface area contributed by atoms with E-state index in [-0.39, 0.29) is 5.91 Å². The minimum atomic E-state index is -0.0650. The van der Waals surface area contributed by atoms with Crippen LogP contribution in [0.15, 0.2) is 30.5 Å². The van der Waals surface area contributed by atoms with Gasteiger partial charge in [-0.05, 0) is 19.1 Å². The third-order valence-corrected chi connectivity index (χ3v) is 1.87. The molecule has 1 rings (SSSR count). The zero-order chi connectivity index (χ0) is 9.68. The largest absolute Gasteiger partial charge is 0.356 e. The second-order valence-electron chi connectivity index (χ2n) is 2.82. The predicted octanol–water partition coefficient (Wildman–Crippen LogP) is 1.10. The summed E-state index contributed by atoms with van der Waals surface area (Å²) in [6, 6.07) is 4.02. The van der Waals surface area contributed by atoms with Crippen LogP contribution in [0.5, 0.6) is 0 Å². The number of aryl methyl sites for hydroxylation is 1. The van der Waals surface area contributed by atoms with E-state index in [9.17, 15) is 4.79 Å². The van der Waals surface area contributed by atoms with Gasteiger partial charge in [0.2, 0.25) is 5.91 Å². The number of carbonyl (C=O) groups is 1. The predicted molar refractivity (Wildman–Crippen MR) is 52.4 cm³/mol. The maximum absolute atomic E-state index is 10.8. The van der Waals surface area contributed by atoms with Crippen molar-refractivity contribution in [3.63, 3.8) is 0 Å². The lowest BCUT2D eigenvalue weighted by molar-refractivity contribution is -0.116. The number of carbonyl (C=O) groups excluding carboxylic acids is 1. The third kappa shape index (κ3) is 2.78. The Bertz CT molecular complexity index is 312. The molecule has 3 heteroatoms. The van der Waals surface area contributed by atoms with Crippen LogP contribution >= 0.6 is 0 Å². The van der Waals surface area contributed by atoms with E-state index in [1.165, 1.54) is 5.69 Å². The first-order chi connectivity index (χ1) is 6.24. The molecule has 0 spiro atoms. The van der Waals surface area contributed by atoms with E-state index in [0.717, 1.165) is 6.54 Å². The second-order valence-corrected chi connectivity index (χ2v) is 2.82. The van der Waals surface area contributed by atoms with E-state index in [4.69, 9.17) is 0 Å². The van der Waals surface area contributed by atoms with Crippen LogP contribution in [0.25, 0.3) is 0 Å². The van der Waals surface area contributed by atoms with Crippen molar-refractivity contribution < 1.29 is 4.79 Å². The second kappa shape index (κ2) is 4.50. The maximum atomic E-state index is 10.8. The van der Waals surface area contributed by atoms with Crippen molar-refractivity contribution in [3.8, 4) is 0 Å². The van der Waals surface area contributed by atoms with E-state index in [1.807, 2.05) is 31.3 Å². The van der Waals surface area contributed by atoms with Crippen molar-refractivity contribution in [2.75, 3.05) is 7.05 Å². The van der Waals surface area contributed by atoms with E-state index in [2.05, 4.69) is 9.88 Å². The summed E-state index contributed by atoms with van der Waals surface area (Å²) >= 11 is 0. The average molecular weight is 178 g/mol. The molecule has 0 aliphatic heterocycles. The first kappa shape index (κ1) is 9.58. The summed E-state index contributed by atoms with van der Waals surface area (Å²) in [7, 11) is 1.62. The van der Waals surface area contributed by atoms with Crippen molar-refractivity contribution in [1.29, 1.82) is 0 Å². The SMILES string of the molecule is CNC(=O)/C=C/Cn1cccc1C. The van der Waals surface area contributed by atoms with Crippen LogP contribution < -0.4 is 5.32 Å². The number of nitrogens with one attached hydrogen (secondary N) is 1. The monoisotopic (exact) mass is 178 g/mol. The van der Waals surface area contributed by atoms with Gasteiger partial charge in [-0.3, -0.25) is 4.79 Å². The first-order valence-corrected chi connectivity index (χ1v) is 4.24. The van der Waals surface area contributed by atoms with Gasteiger partial charge in [-0.15, -0.1) is 0 Å².